The molecule has 0 bridgehead atoms. The summed E-state index contributed by atoms with van der Waals surface area (Å²) >= 11 is 7.39. The molecule has 0 fully saturated rings. The Labute approximate surface area is 124 Å². The summed E-state index contributed by atoms with van der Waals surface area (Å²) in [6.07, 6.45) is 2.00. The fourth-order valence-electron chi connectivity index (χ4n) is 1.70. The van der Waals surface area contributed by atoms with Crippen LogP contribution in [0.1, 0.15) is 38.5 Å². The molecule has 1 aromatic rings. The van der Waals surface area contributed by atoms with Crippen molar-refractivity contribution in [3.63, 3.8) is 0 Å². The summed E-state index contributed by atoms with van der Waals surface area (Å²) in [7, 11) is 0. The van der Waals surface area contributed by atoms with Crippen molar-refractivity contribution in [3.8, 4) is 0 Å². The second kappa shape index (κ2) is 7.27. The lowest BCUT2D eigenvalue weighted by Gasteiger charge is -2.29. The minimum Gasteiger partial charge on any atom is -0.388 e. The Kier molecular flexibility index (Phi) is 6.30. The molecular formula is C14H22ClNO2S. The minimum atomic E-state index is -0.851. The van der Waals surface area contributed by atoms with Crippen molar-refractivity contribution >= 4 is 28.8 Å². The molecule has 2 N–H and O–H groups in total. The highest BCUT2D eigenvalue weighted by Crippen LogP contribution is 2.21. The zero-order chi connectivity index (χ0) is 14.5. The number of nitrogens with one attached hydrogen (secondary N) is 1. The number of hydrogen-bond acceptors (Lipinski definition) is 3. The van der Waals surface area contributed by atoms with E-state index < -0.39 is 5.60 Å². The number of aryl methyl sites for hydroxylation is 1. The molecule has 1 amide bonds. The van der Waals surface area contributed by atoms with Crippen LogP contribution in [0, 0.1) is 5.92 Å². The number of rotatable bonds is 7. The first-order chi connectivity index (χ1) is 8.85. The standard InChI is InChI=1S/C14H22ClNO2S/c1-4-10(2)14(3,18)9-16-13(17)6-5-12-7-11(15)8-19-12/h7-8,10,18H,4-6,9H2,1-3H3,(H,16,17). The van der Waals surface area contributed by atoms with E-state index in [0.717, 1.165) is 16.3 Å². The Bertz CT molecular complexity index is 417. The van der Waals surface area contributed by atoms with Gasteiger partial charge in [-0.25, -0.2) is 0 Å². The van der Waals surface area contributed by atoms with Crippen molar-refractivity contribution in [2.75, 3.05) is 6.54 Å². The van der Waals surface area contributed by atoms with Gasteiger partial charge in [-0.1, -0.05) is 31.9 Å². The molecule has 2 unspecified atom stereocenters. The number of amides is 1. The SMILES string of the molecule is CCC(C)C(C)(O)CNC(=O)CCc1cc(Cl)cs1. The van der Waals surface area contributed by atoms with Gasteiger partial charge in [-0.05, 0) is 25.3 Å². The van der Waals surface area contributed by atoms with Gasteiger partial charge < -0.3 is 10.4 Å². The minimum absolute atomic E-state index is 0.0342. The van der Waals surface area contributed by atoms with E-state index in [1.807, 2.05) is 25.3 Å². The number of carbonyl (C=O) groups is 1. The maximum atomic E-state index is 11.7. The first kappa shape index (κ1) is 16.5. The molecular weight excluding hydrogens is 282 g/mol. The molecule has 19 heavy (non-hydrogen) atoms. The van der Waals surface area contributed by atoms with Crippen LogP contribution in [0.2, 0.25) is 5.02 Å². The van der Waals surface area contributed by atoms with Gasteiger partial charge in [-0.2, -0.15) is 0 Å². The summed E-state index contributed by atoms with van der Waals surface area (Å²) in [5.41, 5.74) is -0.851. The molecule has 1 heterocycles. The third kappa shape index (κ3) is 5.51. The van der Waals surface area contributed by atoms with Gasteiger partial charge in [-0.15, -0.1) is 11.3 Å². The van der Waals surface area contributed by atoms with Crippen LogP contribution >= 0.6 is 22.9 Å². The summed E-state index contributed by atoms with van der Waals surface area (Å²) in [4.78, 5) is 12.8. The molecule has 0 aliphatic heterocycles. The summed E-state index contributed by atoms with van der Waals surface area (Å²) in [5, 5.41) is 15.6. The van der Waals surface area contributed by atoms with E-state index in [2.05, 4.69) is 5.32 Å². The number of aliphatic hydroxyl groups is 1. The molecule has 0 spiro atoms. The van der Waals surface area contributed by atoms with E-state index in [-0.39, 0.29) is 11.8 Å². The predicted molar refractivity (Wildman–Crippen MR) is 80.7 cm³/mol. The van der Waals surface area contributed by atoms with E-state index in [4.69, 9.17) is 11.6 Å². The van der Waals surface area contributed by atoms with Gasteiger partial charge in [0.2, 0.25) is 5.91 Å². The topological polar surface area (TPSA) is 49.3 Å². The molecule has 1 rings (SSSR count). The second-order valence-electron chi connectivity index (χ2n) is 5.17. The molecule has 2 atom stereocenters. The Morgan fingerprint density at radius 1 is 1.63 bits per heavy atom. The fraction of sp³-hybridized carbons (Fsp3) is 0.643. The fourth-order valence-corrected chi connectivity index (χ4v) is 2.78. The molecule has 0 radical (unpaired) electrons. The van der Waals surface area contributed by atoms with Gasteiger partial charge in [-0.3, -0.25) is 4.79 Å². The lowest BCUT2D eigenvalue weighted by atomic mass is 9.88. The maximum absolute atomic E-state index is 11.7. The van der Waals surface area contributed by atoms with Crippen LogP contribution in [0.15, 0.2) is 11.4 Å². The summed E-state index contributed by atoms with van der Waals surface area (Å²) in [6.45, 7) is 6.08. The molecule has 0 saturated heterocycles. The summed E-state index contributed by atoms with van der Waals surface area (Å²) < 4.78 is 0. The highest BCUT2D eigenvalue weighted by atomic mass is 35.5. The van der Waals surface area contributed by atoms with Gasteiger partial charge in [0.05, 0.1) is 10.6 Å². The molecule has 108 valence electrons. The van der Waals surface area contributed by atoms with E-state index in [9.17, 15) is 9.90 Å². The highest BCUT2D eigenvalue weighted by molar-refractivity contribution is 7.10. The average Bonchev–Trinajstić information content (AvgIpc) is 2.78. The lowest BCUT2D eigenvalue weighted by molar-refractivity contribution is -0.122. The largest absolute Gasteiger partial charge is 0.388 e. The van der Waals surface area contributed by atoms with Crippen molar-refractivity contribution in [3.05, 3.63) is 21.3 Å². The predicted octanol–water partition coefficient (Wildman–Crippen LogP) is 3.25. The Morgan fingerprint density at radius 2 is 2.32 bits per heavy atom. The van der Waals surface area contributed by atoms with Gasteiger partial charge in [0.15, 0.2) is 0 Å². The molecule has 0 saturated carbocycles. The molecule has 0 aromatic carbocycles. The van der Waals surface area contributed by atoms with Crippen molar-refractivity contribution in [1.82, 2.24) is 5.32 Å². The van der Waals surface area contributed by atoms with Gasteiger partial charge in [0.25, 0.3) is 0 Å². The number of halogens is 1. The Balaban J connectivity index is 2.32. The Hall–Kier alpha value is -0.580. The van der Waals surface area contributed by atoms with Crippen LogP contribution in [-0.4, -0.2) is 23.2 Å². The van der Waals surface area contributed by atoms with Crippen LogP contribution in [-0.2, 0) is 11.2 Å². The second-order valence-corrected chi connectivity index (χ2v) is 6.61. The average molecular weight is 304 g/mol. The molecule has 1 aromatic heterocycles. The molecule has 0 aliphatic carbocycles. The first-order valence-corrected chi connectivity index (χ1v) is 7.83. The van der Waals surface area contributed by atoms with Crippen molar-refractivity contribution < 1.29 is 9.90 Å². The first-order valence-electron chi connectivity index (χ1n) is 6.57. The van der Waals surface area contributed by atoms with Gasteiger partial charge >= 0.3 is 0 Å². The molecule has 3 nitrogen and oxygen atoms in total. The number of thiophene rings is 1. The molecule has 0 aliphatic rings. The number of hydrogen-bond donors (Lipinski definition) is 2. The van der Waals surface area contributed by atoms with Gasteiger partial charge in [0, 0.05) is 23.2 Å². The van der Waals surface area contributed by atoms with E-state index >= 15 is 0 Å². The van der Waals surface area contributed by atoms with Crippen LogP contribution in [0.5, 0.6) is 0 Å². The van der Waals surface area contributed by atoms with Crippen molar-refractivity contribution in [2.45, 2.75) is 45.6 Å². The summed E-state index contributed by atoms with van der Waals surface area (Å²) in [5.74, 6) is 0.122. The summed E-state index contributed by atoms with van der Waals surface area (Å²) in [6, 6.07) is 1.88. The maximum Gasteiger partial charge on any atom is 0.220 e. The van der Waals surface area contributed by atoms with Crippen LogP contribution < -0.4 is 5.32 Å². The zero-order valence-electron chi connectivity index (χ0n) is 11.7. The molecule has 5 heteroatoms. The zero-order valence-corrected chi connectivity index (χ0v) is 13.3. The Morgan fingerprint density at radius 3 is 2.84 bits per heavy atom. The normalized spacial score (nSPS) is 15.8. The van der Waals surface area contributed by atoms with Crippen LogP contribution in [0.25, 0.3) is 0 Å². The van der Waals surface area contributed by atoms with E-state index in [0.29, 0.717) is 19.4 Å². The van der Waals surface area contributed by atoms with E-state index in [1.54, 1.807) is 18.3 Å². The highest BCUT2D eigenvalue weighted by Gasteiger charge is 2.27. The monoisotopic (exact) mass is 303 g/mol. The van der Waals surface area contributed by atoms with E-state index in [1.165, 1.54) is 0 Å². The van der Waals surface area contributed by atoms with Crippen LogP contribution in [0.3, 0.4) is 0 Å². The smallest absolute Gasteiger partial charge is 0.220 e. The third-order valence-corrected chi connectivity index (χ3v) is 4.88. The van der Waals surface area contributed by atoms with Crippen molar-refractivity contribution in [1.29, 1.82) is 0 Å². The van der Waals surface area contributed by atoms with Crippen molar-refractivity contribution in [2.24, 2.45) is 5.92 Å². The quantitative estimate of drug-likeness (QED) is 0.812. The number of carbonyl (C=O) groups excluding carboxylic acids is 1. The lowest BCUT2D eigenvalue weighted by Crippen LogP contribution is -2.45. The third-order valence-electron chi connectivity index (χ3n) is 3.54. The van der Waals surface area contributed by atoms with Gasteiger partial charge in [0.1, 0.15) is 0 Å². The van der Waals surface area contributed by atoms with Crippen LogP contribution in [0.4, 0.5) is 0 Å².